The van der Waals surface area contributed by atoms with Crippen LogP contribution in [0.25, 0.3) is 64.3 Å². The van der Waals surface area contributed by atoms with Gasteiger partial charge in [0.2, 0.25) is 0 Å². The van der Waals surface area contributed by atoms with Crippen LogP contribution in [0.1, 0.15) is 0 Å². The molecule has 0 saturated carbocycles. The lowest BCUT2D eigenvalue weighted by Gasteiger charge is -2.26. The van der Waals surface area contributed by atoms with Gasteiger partial charge in [0.25, 0.3) is 0 Å². The molecule has 2 heteroatoms. The molecule has 8 aromatic carbocycles. The van der Waals surface area contributed by atoms with Crippen LogP contribution in [-0.4, -0.2) is 0 Å². The third kappa shape index (κ3) is 5.13. The molecule has 0 amide bonds. The van der Waals surface area contributed by atoms with Gasteiger partial charge in [-0.25, -0.2) is 0 Å². The summed E-state index contributed by atoms with van der Waals surface area (Å²) in [5, 5.41) is 5.26. The Bertz CT molecular complexity index is 2530. The molecule has 0 aliphatic carbocycles. The van der Waals surface area contributed by atoms with Gasteiger partial charge in [0.1, 0.15) is 0 Å². The Labute approximate surface area is 284 Å². The smallest absolute Gasteiger partial charge is 0.0467 e. The number of rotatable bonds is 6. The van der Waals surface area contributed by atoms with Crippen molar-refractivity contribution in [3.63, 3.8) is 0 Å². The second-order valence-corrected chi connectivity index (χ2v) is 13.2. The van der Waals surface area contributed by atoms with E-state index in [-0.39, 0.29) is 0 Å². The topological polar surface area (TPSA) is 3.24 Å². The van der Waals surface area contributed by atoms with E-state index in [4.69, 9.17) is 0 Å². The van der Waals surface area contributed by atoms with Crippen molar-refractivity contribution in [2.45, 2.75) is 0 Å². The molecule has 0 fully saturated rings. The molecule has 0 aliphatic rings. The number of fused-ring (bicyclic) bond motifs is 5. The molecule has 0 unspecified atom stereocenters. The van der Waals surface area contributed by atoms with Crippen molar-refractivity contribution in [1.29, 1.82) is 0 Å². The maximum Gasteiger partial charge on any atom is 0.0467 e. The normalized spacial score (nSPS) is 11.3. The van der Waals surface area contributed by atoms with Crippen LogP contribution < -0.4 is 4.90 Å². The van der Waals surface area contributed by atoms with E-state index in [1.54, 1.807) is 0 Å². The summed E-state index contributed by atoms with van der Waals surface area (Å²) >= 11 is 1.89. The van der Waals surface area contributed by atoms with Crippen molar-refractivity contribution in [3.05, 3.63) is 188 Å². The van der Waals surface area contributed by atoms with Gasteiger partial charge in [-0.05, 0) is 87.3 Å². The van der Waals surface area contributed by atoms with Gasteiger partial charge in [0.05, 0.1) is 0 Å². The summed E-state index contributed by atoms with van der Waals surface area (Å²) in [6.07, 6.45) is 0. The Hall–Kier alpha value is -5.96. The highest BCUT2D eigenvalue weighted by molar-refractivity contribution is 7.26. The van der Waals surface area contributed by atoms with Crippen LogP contribution in [0.3, 0.4) is 0 Å². The van der Waals surface area contributed by atoms with Crippen molar-refractivity contribution in [2.75, 3.05) is 4.90 Å². The SMILES string of the molecule is c1ccc(-c2ccc(-c3cccc(N(c4ccccc4)c4ccc(-c5ccc6ccc7c8ccccc8sc7c6c5)cc4)c3)cc2)cc1. The van der Waals surface area contributed by atoms with E-state index >= 15 is 0 Å². The summed E-state index contributed by atoms with van der Waals surface area (Å²) in [5.41, 5.74) is 10.6. The Balaban J connectivity index is 1.08. The fourth-order valence-corrected chi connectivity index (χ4v) is 8.05. The van der Waals surface area contributed by atoms with Gasteiger partial charge in [-0.15, -0.1) is 11.3 Å². The average Bonchev–Trinajstić information content (AvgIpc) is 3.56. The van der Waals surface area contributed by atoms with E-state index < -0.39 is 0 Å². The predicted octanol–water partition coefficient (Wildman–Crippen LogP) is 13.7. The molecule has 226 valence electrons. The minimum Gasteiger partial charge on any atom is -0.310 e. The number of hydrogen-bond donors (Lipinski definition) is 0. The minimum absolute atomic E-state index is 1.12. The summed E-state index contributed by atoms with van der Waals surface area (Å²) in [7, 11) is 0. The molecule has 0 radical (unpaired) electrons. The molecule has 0 aliphatic heterocycles. The second-order valence-electron chi connectivity index (χ2n) is 12.2. The van der Waals surface area contributed by atoms with Gasteiger partial charge in [0, 0.05) is 42.6 Å². The first-order chi connectivity index (χ1) is 23.8. The van der Waals surface area contributed by atoms with Gasteiger partial charge in [-0.3, -0.25) is 0 Å². The lowest BCUT2D eigenvalue weighted by Crippen LogP contribution is -2.09. The van der Waals surface area contributed by atoms with E-state index in [1.165, 1.54) is 64.3 Å². The van der Waals surface area contributed by atoms with Crippen molar-refractivity contribution < 1.29 is 0 Å². The molecule has 9 aromatic rings. The van der Waals surface area contributed by atoms with Crippen LogP contribution in [0, 0.1) is 0 Å². The molecule has 0 atom stereocenters. The first-order valence-corrected chi connectivity index (χ1v) is 17.2. The number of anilines is 3. The zero-order valence-corrected chi connectivity index (χ0v) is 27.1. The van der Waals surface area contributed by atoms with Crippen molar-refractivity contribution >= 4 is 59.3 Å². The van der Waals surface area contributed by atoms with Crippen LogP contribution in [0.15, 0.2) is 188 Å². The maximum atomic E-state index is 2.36. The molecule has 1 aromatic heterocycles. The van der Waals surface area contributed by atoms with Gasteiger partial charge >= 0.3 is 0 Å². The summed E-state index contributed by atoms with van der Waals surface area (Å²) in [5.74, 6) is 0. The van der Waals surface area contributed by atoms with E-state index in [1.807, 2.05) is 11.3 Å². The van der Waals surface area contributed by atoms with E-state index in [9.17, 15) is 0 Å². The van der Waals surface area contributed by atoms with E-state index in [0.29, 0.717) is 0 Å². The Morgan fingerprint density at radius 2 is 0.833 bits per heavy atom. The summed E-state index contributed by atoms with van der Waals surface area (Å²) < 4.78 is 2.70. The van der Waals surface area contributed by atoms with Gasteiger partial charge in [0.15, 0.2) is 0 Å². The van der Waals surface area contributed by atoms with Crippen molar-refractivity contribution in [1.82, 2.24) is 0 Å². The largest absolute Gasteiger partial charge is 0.310 e. The van der Waals surface area contributed by atoms with E-state index in [0.717, 1.165) is 17.1 Å². The summed E-state index contributed by atoms with van der Waals surface area (Å²) in [4.78, 5) is 2.34. The zero-order valence-electron chi connectivity index (χ0n) is 26.3. The standard InChI is InChI=1S/C46H31NS/c1-3-10-32(11-4-1)33-18-20-34(21-19-33)37-12-9-15-41(30-37)47(39-13-5-2-6-14-39)40-27-24-35(25-28-40)38-23-22-36-26-29-43-42-16-7-8-17-45(42)48-46(43)44(36)31-38/h1-31H. The molecular formula is C46H31NS. The minimum atomic E-state index is 1.12. The van der Waals surface area contributed by atoms with E-state index in [2.05, 4.69) is 193 Å². The predicted molar refractivity (Wildman–Crippen MR) is 208 cm³/mol. The monoisotopic (exact) mass is 629 g/mol. The Morgan fingerprint density at radius 1 is 0.312 bits per heavy atom. The highest BCUT2D eigenvalue weighted by atomic mass is 32.1. The fraction of sp³-hybridized carbons (Fsp3) is 0. The molecular weight excluding hydrogens is 599 g/mol. The highest BCUT2D eigenvalue weighted by Gasteiger charge is 2.15. The Kier molecular flexibility index (Phi) is 7.07. The molecule has 48 heavy (non-hydrogen) atoms. The maximum absolute atomic E-state index is 2.36. The van der Waals surface area contributed by atoms with Crippen LogP contribution in [0.5, 0.6) is 0 Å². The summed E-state index contributed by atoms with van der Waals surface area (Å²) in [6, 6.07) is 68.0. The number of benzene rings is 8. The molecule has 0 saturated heterocycles. The first kappa shape index (κ1) is 28.3. The second kappa shape index (κ2) is 12.0. The molecule has 9 rings (SSSR count). The zero-order chi connectivity index (χ0) is 31.9. The lowest BCUT2D eigenvalue weighted by molar-refractivity contribution is 1.28. The molecule has 0 N–H and O–H groups in total. The van der Waals surface area contributed by atoms with Gasteiger partial charge < -0.3 is 4.90 Å². The van der Waals surface area contributed by atoms with Crippen molar-refractivity contribution in [2.24, 2.45) is 0 Å². The van der Waals surface area contributed by atoms with Gasteiger partial charge in [-0.2, -0.15) is 0 Å². The molecule has 0 bridgehead atoms. The fourth-order valence-electron chi connectivity index (χ4n) is 6.82. The third-order valence-electron chi connectivity index (χ3n) is 9.26. The third-order valence-corrected chi connectivity index (χ3v) is 10.5. The summed E-state index contributed by atoms with van der Waals surface area (Å²) in [6.45, 7) is 0. The number of para-hydroxylation sites is 1. The van der Waals surface area contributed by atoms with Crippen LogP contribution in [0.4, 0.5) is 17.1 Å². The van der Waals surface area contributed by atoms with Crippen LogP contribution >= 0.6 is 11.3 Å². The number of nitrogens with zero attached hydrogens (tertiary/aromatic N) is 1. The lowest BCUT2D eigenvalue weighted by atomic mass is 9.99. The highest BCUT2D eigenvalue weighted by Crippen LogP contribution is 2.41. The molecule has 0 spiro atoms. The molecule has 1 nitrogen and oxygen atoms in total. The quantitative estimate of drug-likeness (QED) is 0.177. The van der Waals surface area contributed by atoms with Gasteiger partial charge in [-0.1, -0.05) is 140 Å². The number of thiophene rings is 1. The Morgan fingerprint density at radius 3 is 1.60 bits per heavy atom. The van der Waals surface area contributed by atoms with Crippen molar-refractivity contribution in [3.8, 4) is 33.4 Å². The average molecular weight is 630 g/mol. The van der Waals surface area contributed by atoms with Crippen LogP contribution in [-0.2, 0) is 0 Å². The number of hydrogen-bond acceptors (Lipinski definition) is 2. The molecule has 1 heterocycles. The van der Waals surface area contributed by atoms with Crippen LogP contribution in [0.2, 0.25) is 0 Å². The first-order valence-electron chi connectivity index (χ1n) is 16.3.